The number of hydrogen-bond donors (Lipinski definition) is 1. The molecular formula is C26H28F2N4O. The third-order valence-electron chi connectivity index (χ3n) is 6.44. The predicted octanol–water partition coefficient (Wildman–Crippen LogP) is 5.40. The van der Waals surface area contributed by atoms with Gasteiger partial charge in [0.2, 0.25) is 0 Å². The number of carbonyl (C=O) groups is 1. The van der Waals surface area contributed by atoms with Gasteiger partial charge in [0.25, 0.3) is 0 Å². The van der Waals surface area contributed by atoms with Gasteiger partial charge < -0.3 is 15.1 Å². The molecule has 2 aromatic carbocycles. The Morgan fingerprint density at radius 2 is 1.82 bits per heavy atom. The van der Waals surface area contributed by atoms with Crippen LogP contribution in [0.5, 0.6) is 0 Å². The molecular weight excluding hydrogens is 422 g/mol. The van der Waals surface area contributed by atoms with Crippen LogP contribution in [-0.2, 0) is 0 Å². The fourth-order valence-electron chi connectivity index (χ4n) is 4.65. The average Bonchev–Trinajstić information content (AvgIpc) is 3.33. The van der Waals surface area contributed by atoms with Gasteiger partial charge in [-0.1, -0.05) is 18.2 Å². The van der Waals surface area contributed by atoms with Crippen LogP contribution in [0.2, 0.25) is 0 Å². The quantitative estimate of drug-likeness (QED) is 0.641. The molecule has 0 saturated carbocycles. The highest BCUT2D eigenvalue weighted by Crippen LogP contribution is 2.30. The summed E-state index contributed by atoms with van der Waals surface area (Å²) in [7, 11) is 0. The summed E-state index contributed by atoms with van der Waals surface area (Å²) in [5.41, 5.74) is 3.05. The van der Waals surface area contributed by atoms with Gasteiger partial charge in [0.1, 0.15) is 11.6 Å². The van der Waals surface area contributed by atoms with E-state index in [1.165, 1.54) is 18.4 Å². The minimum atomic E-state index is -0.721. The van der Waals surface area contributed by atoms with Crippen molar-refractivity contribution >= 4 is 17.3 Å². The van der Waals surface area contributed by atoms with Crippen LogP contribution in [0.1, 0.15) is 43.2 Å². The van der Waals surface area contributed by atoms with Crippen molar-refractivity contribution in [2.75, 3.05) is 31.5 Å². The highest BCUT2D eigenvalue weighted by atomic mass is 19.1. The first-order valence-corrected chi connectivity index (χ1v) is 11.5. The van der Waals surface area contributed by atoms with Gasteiger partial charge in [-0.05, 0) is 80.6 Å². The van der Waals surface area contributed by atoms with E-state index < -0.39 is 11.6 Å². The standard InChI is InChI=1S/C26H28F2N4O/c27-22-15-23(28)17-24(16-22)30-26(33)32(14-13-31-11-1-2-12-31)25-9-7-21(8-10-25)20-5-3-19(18-29)4-6-20/h3-7,15-17,25H,1-2,8-14H2,(H,30,33). The molecule has 0 aromatic heterocycles. The summed E-state index contributed by atoms with van der Waals surface area (Å²) in [5, 5.41) is 11.7. The molecule has 4 rings (SSSR count). The summed E-state index contributed by atoms with van der Waals surface area (Å²) >= 11 is 0. The van der Waals surface area contributed by atoms with Crippen LogP contribution in [0.4, 0.5) is 19.3 Å². The minimum Gasteiger partial charge on any atom is -0.320 e. The van der Waals surface area contributed by atoms with Crippen LogP contribution in [0.15, 0.2) is 48.5 Å². The van der Waals surface area contributed by atoms with Gasteiger partial charge in [-0.3, -0.25) is 0 Å². The van der Waals surface area contributed by atoms with Gasteiger partial charge in [0.05, 0.1) is 11.6 Å². The monoisotopic (exact) mass is 450 g/mol. The summed E-state index contributed by atoms with van der Waals surface area (Å²) in [4.78, 5) is 17.3. The number of carbonyl (C=O) groups excluding carboxylic acids is 1. The summed E-state index contributed by atoms with van der Waals surface area (Å²) in [6, 6.07) is 12.4. The van der Waals surface area contributed by atoms with Gasteiger partial charge in [-0.2, -0.15) is 5.26 Å². The predicted molar refractivity (Wildman–Crippen MR) is 125 cm³/mol. The number of anilines is 1. The second-order valence-electron chi connectivity index (χ2n) is 8.68. The van der Waals surface area contributed by atoms with Crippen molar-refractivity contribution in [1.82, 2.24) is 9.80 Å². The Labute approximate surface area is 193 Å². The van der Waals surface area contributed by atoms with E-state index in [1.807, 2.05) is 29.2 Å². The summed E-state index contributed by atoms with van der Waals surface area (Å²) in [6.07, 6.45) is 6.84. The van der Waals surface area contributed by atoms with Crippen molar-refractivity contribution in [3.63, 3.8) is 0 Å². The number of nitrogens with one attached hydrogen (secondary N) is 1. The number of amides is 2. The molecule has 0 spiro atoms. The molecule has 1 saturated heterocycles. The number of benzene rings is 2. The Kier molecular flexibility index (Phi) is 7.36. The van der Waals surface area contributed by atoms with Gasteiger partial charge in [-0.15, -0.1) is 0 Å². The molecule has 1 heterocycles. The lowest BCUT2D eigenvalue weighted by Crippen LogP contribution is -2.47. The van der Waals surface area contributed by atoms with Crippen LogP contribution in [0.25, 0.3) is 5.57 Å². The molecule has 1 unspecified atom stereocenters. The van der Waals surface area contributed by atoms with Crippen molar-refractivity contribution in [3.8, 4) is 6.07 Å². The molecule has 1 aliphatic heterocycles. The van der Waals surface area contributed by atoms with Crippen molar-refractivity contribution < 1.29 is 13.6 Å². The first-order valence-electron chi connectivity index (χ1n) is 11.5. The number of urea groups is 1. The Bertz CT molecular complexity index is 1030. The maximum atomic E-state index is 13.6. The SMILES string of the molecule is N#Cc1ccc(C2=CCC(N(CCN3CCCC3)C(=O)Nc3cc(F)cc(F)c3)CC2)cc1. The van der Waals surface area contributed by atoms with E-state index in [0.717, 1.165) is 56.2 Å². The number of nitrogens with zero attached hydrogens (tertiary/aromatic N) is 3. The Morgan fingerprint density at radius 1 is 1.12 bits per heavy atom. The fourth-order valence-corrected chi connectivity index (χ4v) is 4.65. The minimum absolute atomic E-state index is 0.00754. The number of likely N-dealkylation sites (tertiary alicyclic amines) is 1. The third kappa shape index (κ3) is 5.96. The lowest BCUT2D eigenvalue weighted by atomic mass is 9.89. The Hall–Kier alpha value is -3.24. The lowest BCUT2D eigenvalue weighted by molar-refractivity contribution is 0.170. The van der Waals surface area contributed by atoms with E-state index in [-0.39, 0.29) is 17.8 Å². The van der Waals surface area contributed by atoms with Crippen molar-refractivity contribution in [2.24, 2.45) is 0 Å². The lowest BCUT2D eigenvalue weighted by Gasteiger charge is -2.35. The number of allylic oxidation sites excluding steroid dienone is 1. The summed E-state index contributed by atoms with van der Waals surface area (Å²) in [5.74, 6) is -1.44. The maximum Gasteiger partial charge on any atom is 0.322 e. The topological polar surface area (TPSA) is 59.4 Å². The Morgan fingerprint density at radius 3 is 2.42 bits per heavy atom. The zero-order chi connectivity index (χ0) is 23.2. The zero-order valence-electron chi connectivity index (χ0n) is 18.6. The van der Waals surface area contributed by atoms with Crippen LogP contribution in [0.3, 0.4) is 0 Å². The Balaban J connectivity index is 1.47. The molecule has 33 heavy (non-hydrogen) atoms. The number of rotatable bonds is 6. The van der Waals surface area contributed by atoms with Gasteiger partial charge in [0.15, 0.2) is 0 Å². The molecule has 1 N–H and O–H groups in total. The molecule has 0 radical (unpaired) electrons. The van der Waals surface area contributed by atoms with E-state index in [4.69, 9.17) is 5.26 Å². The van der Waals surface area contributed by atoms with Gasteiger partial charge >= 0.3 is 6.03 Å². The van der Waals surface area contributed by atoms with Gasteiger partial charge in [0, 0.05) is 30.9 Å². The smallest absolute Gasteiger partial charge is 0.320 e. The fraction of sp³-hybridized carbons (Fsp3) is 0.385. The molecule has 2 amide bonds. The van der Waals surface area contributed by atoms with E-state index in [9.17, 15) is 13.6 Å². The molecule has 172 valence electrons. The second kappa shape index (κ2) is 10.6. The summed E-state index contributed by atoms with van der Waals surface area (Å²) in [6.45, 7) is 3.43. The largest absolute Gasteiger partial charge is 0.322 e. The van der Waals surface area contributed by atoms with E-state index in [2.05, 4.69) is 22.4 Å². The van der Waals surface area contributed by atoms with Crippen LogP contribution in [0, 0.1) is 23.0 Å². The molecule has 5 nitrogen and oxygen atoms in total. The molecule has 1 fully saturated rings. The van der Waals surface area contributed by atoms with E-state index >= 15 is 0 Å². The molecule has 0 bridgehead atoms. The van der Waals surface area contributed by atoms with Crippen molar-refractivity contribution in [2.45, 2.75) is 38.1 Å². The van der Waals surface area contributed by atoms with Crippen molar-refractivity contribution in [3.05, 3.63) is 71.3 Å². The van der Waals surface area contributed by atoms with Crippen LogP contribution >= 0.6 is 0 Å². The highest BCUT2D eigenvalue weighted by Gasteiger charge is 2.27. The molecule has 2 aliphatic rings. The molecule has 1 aliphatic carbocycles. The second-order valence-corrected chi connectivity index (χ2v) is 8.68. The van der Waals surface area contributed by atoms with Crippen LogP contribution < -0.4 is 5.32 Å². The number of nitriles is 1. The molecule has 7 heteroatoms. The first-order chi connectivity index (χ1) is 16.0. The molecule has 2 aromatic rings. The maximum absolute atomic E-state index is 13.6. The third-order valence-corrected chi connectivity index (χ3v) is 6.44. The van der Waals surface area contributed by atoms with Gasteiger partial charge in [-0.25, -0.2) is 13.6 Å². The van der Waals surface area contributed by atoms with E-state index in [1.54, 1.807) is 0 Å². The zero-order valence-corrected chi connectivity index (χ0v) is 18.6. The van der Waals surface area contributed by atoms with E-state index in [0.29, 0.717) is 18.5 Å². The number of halogens is 2. The van der Waals surface area contributed by atoms with Crippen LogP contribution in [-0.4, -0.2) is 48.1 Å². The first kappa shape index (κ1) is 22.9. The average molecular weight is 451 g/mol. The normalized spacial score (nSPS) is 18.5. The highest BCUT2D eigenvalue weighted by molar-refractivity contribution is 5.89. The summed E-state index contributed by atoms with van der Waals surface area (Å²) < 4.78 is 27.2. The van der Waals surface area contributed by atoms with Crippen molar-refractivity contribution in [1.29, 1.82) is 5.26 Å². The molecule has 1 atom stereocenters. The number of hydrogen-bond acceptors (Lipinski definition) is 3.